The van der Waals surface area contributed by atoms with Crippen molar-refractivity contribution < 1.29 is 5.11 Å². The molecule has 1 saturated carbocycles. The van der Waals surface area contributed by atoms with Crippen molar-refractivity contribution >= 4 is 24.8 Å². The smallest absolute Gasteiger partial charge is 0.121 e. The molecule has 5 heteroatoms. The summed E-state index contributed by atoms with van der Waals surface area (Å²) in [4.78, 5) is 2.64. The van der Waals surface area contributed by atoms with E-state index >= 15 is 0 Å². The molecule has 1 heterocycles. The average Bonchev–Trinajstić information content (AvgIpc) is 2.40. The van der Waals surface area contributed by atoms with E-state index in [0.29, 0.717) is 11.8 Å². The topological polar surface area (TPSA) is 35.5 Å². The van der Waals surface area contributed by atoms with Crippen molar-refractivity contribution in [2.45, 2.75) is 39.2 Å². The quantitative estimate of drug-likeness (QED) is 0.877. The summed E-state index contributed by atoms with van der Waals surface area (Å²) >= 11 is 0. The molecule has 0 unspecified atom stereocenters. The second-order valence-corrected chi connectivity index (χ2v) is 6.43. The van der Waals surface area contributed by atoms with E-state index in [9.17, 15) is 5.11 Å². The fourth-order valence-corrected chi connectivity index (χ4v) is 3.66. The van der Waals surface area contributed by atoms with Crippen LogP contribution >= 0.6 is 24.8 Å². The Labute approximate surface area is 146 Å². The van der Waals surface area contributed by atoms with Crippen LogP contribution in [0.5, 0.6) is 5.75 Å². The van der Waals surface area contributed by atoms with E-state index in [1.54, 1.807) is 0 Å². The number of piperazine rings is 1. The van der Waals surface area contributed by atoms with Crippen LogP contribution < -0.4 is 5.32 Å². The highest BCUT2D eigenvalue weighted by Crippen LogP contribution is 2.42. The zero-order valence-corrected chi connectivity index (χ0v) is 15.1. The van der Waals surface area contributed by atoms with Crippen LogP contribution in [0, 0.1) is 19.8 Å². The van der Waals surface area contributed by atoms with Crippen molar-refractivity contribution in [2.75, 3.05) is 26.2 Å². The molecule has 1 atom stereocenters. The van der Waals surface area contributed by atoms with Crippen LogP contribution in [0.25, 0.3) is 0 Å². The first-order valence-electron chi connectivity index (χ1n) is 7.91. The fraction of sp³-hybridized carbons (Fsp3) is 0.647. The first kappa shape index (κ1) is 19.6. The predicted octanol–water partition coefficient (Wildman–Crippen LogP) is 3.60. The van der Waals surface area contributed by atoms with Crippen LogP contribution in [0.3, 0.4) is 0 Å². The first-order valence-corrected chi connectivity index (χ1v) is 7.91. The number of hydrogen-bond acceptors (Lipinski definition) is 3. The van der Waals surface area contributed by atoms with Crippen molar-refractivity contribution in [3.63, 3.8) is 0 Å². The number of aryl methyl sites for hydroxylation is 2. The van der Waals surface area contributed by atoms with Gasteiger partial charge >= 0.3 is 0 Å². The third-order valence-corrected chi connectivity index (χ3v) is 5.00. The van der Waals surface area contributed by atoms with Crippen molar-refractivity contribution in [2.24, 2.45) is 5.92 Å². The summed E-state index contributed by atoms with van der Waals surface area (Å²) in [6, 6.07) is 4.95. The van der Waals surface area contributed by atoms with E-state index < -0.39 is 0 Å². The monoisotopic (exact) mass is 346 g/mol. The Kier molecular flexibility index (Phi) is 7.47. The molecule has 2 fully saturated rings. The molecule has 0 bridgehead atoms. The van der Waals surface area contributed by atoms with Crippen LogP contribution in [0.4, 0.5) is 0 Å². The van der Waals surface area contributed by atoms with E-state index in [2.05, 4.69) is 22.3 Å². The van der Waals surface area contributed by atoms with Crippen LogP contribution in [0.1, 0.15) is 42.0 Å². The van der Waals surface area contributed by atoms with Gasteiger partial charge in [-0.2, -0.15) is 0 Å². The van der Waals surface area contributed by atoms with Crippen molar-refractivity contribution in [3.05, 3.63) is 28.8 Å². The highest BCUT2D eigenvalue weighted by Gasteiger charge is 2.33. The summed E-state index contributed by atoms with van der Waals surface area (Å²) in [6.45, 7) is 8.50. The maximum Gasteiger partial charge on any atom is 0.121 e. The van der Waals surface area contributed by atoms with Crippen molar-refractivity contribution in [1.29, 1.82) is 0 Å². The Balaban J connectivity index is 0.00000121. The number of nitrogens with zero attached hydrogens (tertiary/aromatic N) is 1. The molecule has 0 aromatic heterocycles. The summed E-state index contributed by atoms with van der Waals surface area (Å²) in [7, 11) is 0. The van der Waals surface area contributed by atoms with Gasteiger partial charge in [0.15, 0.2) is 0 Å². The summed E-state index contributed by atoms with van der Waals surface area (Å²) in [5.74, 6) is 1.26. The highest BCUT2D eigenvalue weighted by molar-refractivity contribution is 5.85. The summed E-state index contributed by atoms with van der Waals surface area (Å²) in [5, 5.41) is 13.5. The highest BCUT2D eigenvalue weighted by atomic mass is 35.5. The van der Waals surface area contributed by atoms with Crippen LogP contribution in [0.15, 0.2) is 12.1 Å². The number of halogens is 2. The largest absolute Gasteiger partial charge is 0.507 e. The lowest BCUT2D eigenvalue weighted by Gasteiger charge is -2.43. The van der Waals surface area contributed by atoms with Gasteiger partial charge in [0.25, 0.3) is 0 Å². The molecule has 22 heavy (non-hydrogen) atoms. The molecular weight excluding hydrogens is 319 g/mol. The van der Waals surface area contributed by atoms with Gasteiger partial charge < -0.3 is 10.4 Å². The van der Waals surface area contributed by atoms with Crippen LogP contribution in [-0.4, -0.2) is 36.2 Å². The minimum atomic E-state index is 0. The second-order valence-electron chi connectivity index (χ2n) is 6.43. The third-order valence-electron chi connectivity index (χ3n) is 5.00. The minimum Gasteiger partial charge on any atom is -0.507 e. The van der Waals surface area contributed by atoms with Gasteiger partial charge in [0.1, 0.15) is 5.75 Å². The fourth-order valence-electron chi connectivity index (χ4n) is 3.66. The molecule has 0 amide bonds. The minimum absolute atomic E-state index is 0. The van der Waals surface area contributed by atoms with E-state index in [1.165, 1.54) is 24.8 Å². The molecule has 3 rings (SSSR count). The number of phenols is 1. The summed E-state index contributed by atoms with van der Waals surface area (Å²) in [6.07, 6.45) is 4.09. The molecular formula is C17H28Cl2N2O. The number of rotatable bonds is 3. The molecule has 1 aromatic rings. The maximum absolute atomic E-state index is 10.0. The van der Waals surface area contributed by atoms with Gasteiger partial charge in [-0.15, -0.1) is 24.8 Å². The Morgan fingerprint density at radius 2 is 1.64 bits per heavy atom. The van der Waals surface area contributed by atoms with E-state index in [-0.39, 0.29) is 24.8 Å². The summed E-state index contributed by atoms with van der Waals surface area (Å²) < 4.78 is 0. The van der Waals surface area contributed by atoms with Crippen LogP contribution in [0.2, 0.25) is 0 Å². The lowest BCUT2D eigenvalue weighted by atomic mass is 9.76. The lowest BCUT2D eigenvalue weighted by molar-refractivity contribution is 0.0836. The molecule has 1 saturated heterocycles. The molecule has 2 N–H and O–H groups in total. The van der Waals surface area contributed by atoms with Gasteiger partial charge in [0.05, 0.1) is 0 Å². The Hall–Kier alpha value is -0.480. The third kappa shape index (κ3) is 3.88. The normalized spacial score (nSPS) is 20.5. The number of nitrogens with one attached hydrogen (secondary N) is 1. The lowest BCUT2D eigenvalue weighted by Crippen LogP contribution is -2.47. The zero-order chi connectivity index (χ0) is 14.1. The van der Waals surface area contributed by atoms with E-state index in [4.69, 9.17) is 0 Å². The first-order chi connectivity index (χ1) is 9.66. The molecule has 126 valence electrons. The van der Waals surface area contributed by atoms with Gasteiger partial charge in [0.2, 0.25) is 0 Å². The Bertz CT molecular complexity index is 463. The van der Waals surface area contributed by atoms with Gasteiger partial charge in [-0.1, -0.05) is 18.6 Å². The second kappa shape index (κ2) is 8.39. The average molecular weight is 347 g/mol. The number of phenolic OH excluding ortho intramolecular Hbond substituents is 1. The Morgan fingerprint density at radius 1 is 1.09 bits per heavy atom. The SMILES string of the molecule is Cc1cc([C@H](C2CCC2)N2CCNCC2)cc(C)c1O.Cl.Cl. The molecule has 0 radical (unpaired) electrons. The molecule has 1 aromatic carbocycles. The molecule has 1 aliphatic heterocycles. The molecule has 2 aliphatic rings. The van der Waals surface area contributed by atoms with E-state index in [0.717, 1.165) is 43.2 Å². The predicted molar refractivity (Wildman–Crippen MR) is 96.6 cm³/mol. The molecule has 3 nitrogen and oxygen atoms in total. The van der Waals surface area contributed by atoms with E-state index in [1.807, 2.05) is 13.8 Å². The van der Waals surface area contributed by atoms with Gasteiger partial charge in [-0.05, 0) is 49.3 Å². The number of benzene rings is 1. The van der Waals surface area contributed by atoms with Gasteiger partial charge in [0, 0.05) is 32.2 Å². The summed E-state index contributed by atoms with van der Waals surface area (Å²) in [5.41, 5.74) is 3.43. The maximum atomic E-state index is 10.0. The van der Waals surface area contributed by atoms with Gasteiger partial charge in [-0.25, -0.2) is 0 Å². The van der Waals surface area contributed by atoms with Crippen molar-refractivity contribution in [3.8, 4) is 5.75 Å². The number of aromatic hydroxyl groups is 1. The Morgan fingerprint density at radius 3 is 2.09 bits per heavy atom. The van der Waals surface area contributed by atoms with Crippen molar-refractivity contribution in [1.82, 2.24) is 10.2 Å². The van der Waals surface area contributed by atoms with Gasteiger partial charge in [-0.3, -0.25) is 4.90 Å². The zero-order valence-electron chi connectivity index (χ0n) is 13.5. The molecule has 0 spiro atoms. The molecule has 1 aliphatic carbocycles. The number of hydrogen-bond donors (Lipinski definition) is 2. The van der Waals surface area contributed by atoms with Crippen LogP contribution in [-0.2, 0) is 0 Å². The standard InChI is InChI=1S/C17H26N2O.2ClH/c1-12-10-15(11-13(2)17(12)20)16(14-4-3-5-14)19-8-6-18-7-9-19;;/h10-11,14,16,18,20H,3-9H2,1-2H3;2*1H/t16-;;/m0../s1.